The zero-order valence-electron chi connectivity index (χ0n) is 28.7. The molecule has 5 rings (SSSR count). The molecular formula is C42H56. The number of allylic oxidation sites excluding steroid dienone is 7. The average Bonchev–Trinajstić information content (AvgIpc) is 2.96. The molecule has 3 aliphatic carbocycles. The van der Waals surface area contributed by atoms with Crippen LogP contribution in [0.2, 0.25) is 0 Å². The molecule has 4 atom stereocenters. The molecule has 224 valence electrons. The van der Waals surface area contributed by atoms with Crippen LogP contribution in [-0.2, 0) is 12.8 Å². The maximum absolute atomic E-state index is 4.93. The third-order valence-corrected chi connectivity index (χ3v) is 11.8. The predicted molar refractivity (Wildman–Crippen MR) is 187 cm³/mol. The third-order valence-electron chi connectivity index (χ3n) is 11.8. The summed E-state index contributed by atoms with van der Waals surface area (Å²) in [6, 6.07) is 13.5. The second-order valence-corrected chi connectivity index (χ2v) is 13.7. The van der Waals surface area contributed by atoms with Gasteiger partial charge in [-0.1, -0.05) is 123 Å². The summed E-state index contributed by atoms with van der Waals surface area (Å²) in [6.07, 6.45) is 5.30. The van der Waals surface area contributed by atoms with E-state index in [1.807, 2.05) is 13.8 Å². The molecule has 0 heterocycles. The van der Waals surface area contributed by atoms with Crippen molar-refractivity contribution in [3.63, 3.8) is 0 Å². The van der Waals surface area contributed by atoms with Gasteiger partial charge in [-0.2, -0.15) is 0 Å². The molecule has 0 nitrogen and oxygen atoms in total. The molecule has 3 aliphatic rings. The molecule has 0 aliphatic heterocycles. The molecule has 0 heteroatoms. The molecule has 0 fully saturated rings. The highest BCUT2D eigenvalue weighted by molar-refractivity contribution is 5.90. The Morgan fingerprint density at radius 1 is 0.952 bits per heavy atom. The van der Waals surface area contributed by atoms with Crippen LogP contribution in [0.15, 0.2) is 89.6 Å². The molecule has 2 aromatic carbocycles. The van der Waals surface area contributed by atoms with Crippen molar-refractivity contribution in [3.8, 4) is 11.1 Å². The Hall–Kier alpha value is -2.86. The van der Waals surface area contributed by atoms with Crippen LogP contribution in [0.1, 0.15) is 111 Å². The average molecular weight is 561 g/mol. The fraction of sp³-hybridized carbons (Fsp3) is 0.476. The van der Waals surface area contributed by atoms with Crippen molar-refractivity contribution in [2.75, 3.05) is 0 Å². The number of hydrogen-bond donors (Lipinski definition) is 0. The lowest BCUT2D eigenvalue weighted by molar-refractivity contribution is 0.00578. The minimum absolute atomic E-state index is 0.0133. The maximum Gasteiger partial charge on any atom is 0.0196 e. The van der Waals surface area contributed by atoms with E-state index in [2.05, 4.69) is 105 Å². The van der Waals surface area contributed by atoms with Crippen LogP contribution in [0, 0.1) is 29.1 Å². The van der Waals surface area contributed by atoms with Gasteiger partial charge in [0, 0.05) is 5.41 Å². The van der Waals surface area contributed by atoms with Gasteiger partial charge in [0.25, 0.3) is 0 Å². The van der Waals surface area contributed by atoms with Crippen molar-refractivity contribution in [2.24, 2.45) is 22.2 Å². The van der Waals surface area contributed by atoms with Gasteiger partial charge in [-0.15, -0.1) is 0 Å². The Kier molecular flexibility index (Phi) is 8.65. The first-order valence-electron chi connectivity index (χ1n) is 16.5. The molecule has 0 amide bonds. The van der Waals surface area contributed by atoms with Crippen molar-refractivity contribution in [1.29, 1.82) is 0 Å². The predicted octanol–water partition coefficient (Wildman–Crippen LogP) is 12.4. The van der Waals surface area contributed by atoms with Crippen molar-refractivity contribution < 1.29 is 0 Å². The maximum atomic E-state index is 4.93. The van der Waals surface area contributed by atoms with E-state index in [1.165, 1.54) is 72.4 Å². The number of fused-ring (bicyclic) bond motifs is 3. The lowest BCUT2D eigenvalue weighted by Crippen LogP contribution is -2.56. The van der Waals surface area contributed by atoms with E-state index in [-0.39, 0.29) is 16.2 Å². The fourth-order valence-electron chi connectivity index (χ4n) is 9.80. The quantitative estimate of drug-likeness (QED) is 0.341. The van der Waals surface area contributed by atoms with E-state index in [0.717, 1.165) is 32.1 Å². The SMILES string of the molecule is C=C(CC)C1=C(C)[C@@H](CC)[C@]2(C)C[C@]3(C)Cc4c(-c5ccccc5)cc(CC)c(C)c4C(=C)C3=C(C)[C@]2(C)C1=C.CC. The molecule has 0 N–H and O–H groups in total. The summed E-state index contributed by atoms with van der Waals surface area (Å²) in [7, 11) is 0. The molecule has 0 bridgehead atoms. The second kappa shape index (κ2) is 11.3. The van der Waals surface area contributed by atoms with Gasteiger partial charge in [0.15, 0.2) is 0 Å². The van der Waals surface area contributed by atoms with Gasteiger partial charge in [-0.05, 0) is 131 Å². The van der Waals surface area contributed by atoms with Crippen molar-refractivity contribution in [1.82, 2.24) is 0 Å². The van der Waals surface area contributed by atoms with Crippen LogP contribution in [0.5, 0.6) is 0 Å². The molecule has 0 aromatic heterocycles. The van der Waals surface area contributed by atoms with Gasteiger partial charge in [-0.25, -0.2) is 0 Å². The first-order chi connectivity index (χ1) is 19.8. The van der Waals surface area contributed by atoms with Gasteiger partial charge in [-0.3, -0.25) is 0 Å². The van der Waals surface area contributed by atoms with Gasteiger partial charge in [0.1, 0.15) is 0 Å². The second-order valence-electron chi connectivity index (χ2n) is 13.7. The first-order valence-corrected chi connectivity index (χ1v) is 16.5. The minimum Gasteiger partial charge on any atom is -0.0952 e. The molecule has 0 spiro atoms. The van der Waals surface area contributed by atoms with Gasteiger partial charge >= 0.3 is 0 Å². The molecule has 0 saturated carbocycles. The van der Waals surface area contributed by atoms with Gasteiger partial charge in [0.05, 0.1) is 0 Å². The summed E-state index contributed by atoms with van der Waals surface area (Å²) in [5.74, 6) is 0.488. The number of hydrogen-bond acceptors (Lipinski definition) is 0. The largest absolute Gasteiger partial charge is 0.0952 e. The Morgan fingerprint density at radius 3 is 2.12 bits per heavy atom. The molecule has 42 heavy (non-hydrogen) atoms. The normalized spacial score (nSPS) is 28.5. The summed E-state index contributed by atoms with van der Waals surface area (Å²) < 4.78 is 0. The summed E-state index contributed by atoms with van der Waals surface area (Å²) in [5, 5.41) is 0. The van der Waals surface area contributed by atoms with E-state index < -0.39 is 0 Å². The van der Waals surface area contributed by atoms with Crippen LogP contribution < -0.4 is 0 Å². The van der Waals surface area contributed by atoms with Crippen molar-refractivity contribution in [2.45, 2.75) is 108 Å². The van der Waals surface area contributed by atoms with Gasteiger partial charge < -0.3 is 0 Å². The van der Waals surface area contributed by atoms with Crippen LogP contribution in [-0.4, -0.2) is 0 Å². The van der Waals surface area contributed by atoms with Gasteiger partial charge in [0.2, 0.25) is 0 Å². The third kappa shape index (κ3) is 4.23. The highest BCUT2D eigenvalue weighted by Crippen LogP contribution is 2.72. The lowest BCUT2D eigenvalue weighted by Gasteiger charge is -2.65. The number of rotatable bonds is 5. The minimum atomic E-state index is -0.144. The monoisotopic (exact) mass is 560 g/mol. The Morgan fingerprint density at radius 2 is 1.57 bits per heavy atom. The molecule has 0 saturated heterocycles. The zero-order valence-corrected chi connectivity index (χ0v) is 28.7. The van der Waals surface area contributed by atoms with Crippen LogP contribution in [0.4, 0.5) is 0 Å². The van der Waals surface area contributed by atoms with E-state index >= 15 is 0 Å². The van der Waals surface area contributed by atoms with Crippen molar-refractivity contribution >= 4 is 5.57 Å². The van der Waals surface area contributed by atoms with E-state index in [9.17, 15) is 0 Å². The summed E-state index contributed by atoms with van der Waals surface area (Å²) in [5.41, 5.74) is 18.0. The smallest absolute Gasteiger partial charge is 0.0196 e. The summed E-state index contributed by atoms with van der Waals surface area (Å²) in [4.78, 5) is 0. The summed E-state index contributed by atoms with van der Waals surface area (Å²) >= 11 is 0. The highest BCUT2D eigenvalue weighted by atomic mass is 14.7. The molecule has 0 radical (unpaired) electrons. The van der Waals surface area contributed by atoms with E-state index in [1.54, 1.807) is 0 Å². The molecule has 0 unspecified atom stereocenters. The molecule has 2 aromatic rings. The topological polar surface area (TPSA) is 0 Å². The van der Waals surface area contributed by atoms with Crippen LogP contribution in [0.25, 0.3) is 16.7 Å². The Bertz CT molecular complexity index is 1500. The highest BCUT2D eigenvalue weighted by Gasteiger charge is 2.62. The van der Waals surface area contributed by atoms with Crippen LogP contribution >= 0.6 is 0 Å². The molecular weight excluding hydrogens is 504 g/mol. The Balaban J connectivity index is 0.00000198. The zero-order chi connectivity index (χ0) is 31.4. The Labute approximate surface area is 258 Å². The van der Waals surface area contributed by atoms with E-state index in [4.69, 9.17) is 13.2 Å². The summed E-state index contributed by atoms with van der Waals surface area (Å²) in [6.45, 7) is 40.0. The number of benzene rings is 2. The van der Waals surface area contributed by atoms with Crippen LogP contribution in [0.3, 0.4) is 0 Å². The van der Waals surface area contributed by atoms with E-state index in [0.29, 0.717) is 5.92 Å². The fourth-order valence-corrected chi connectivity index (χ4v) is 9.80. The standard InChI is InChI=1S/C40H50.C2H6/c1-13-24(4)35-26(6)34(15-3)39(11)23-38(10)22-33-32(31-19-17-16-18-20-31)21-30(14-2)25(5)36(33)27(7)37(38)29(9)40(39,12)28(35)8;1-2/h16-21,34H,4,7-8,13-15,22-23H2,1-3,5-6,9-12H3;1-2H3/t34-,38+,39+,40+;/m1./s1. The van der Waals surface area contributed by atoms with Crippen molar-refractivity contribution in [3.05, 3.63) is 112 Å². The number of aryl methyl sites for hydroxylation is 1. The first kappa shape index (κ1) is 32.1. The lowest BCUT2D eigenvalue weighted by atomic mass is 9.39.